The van der Waals surface area contributed by atoms with Crippen molar-refractivity contribution in [3.8, 4) is 5.75 Å². The predicted molar refractivity (Wildman–Crippen MR) is 86.6 cm³/mol. The molecule has 1 unspecified atom stereocenters. The Morgan fingerprint density at radius 1 is 1.45 bits per heavy atom. The van der Waals surface area contributed by atoms with Gasteiger partial charge in [-0.05, 0) is 43.7 Å². The van der Waals surface area contributed by atoms with Crippen molar-refractivity contribution in [1.29, 1.82) is 0 Å². The normalized spacial score (nSPS) is 16.5. The first-order valence-electron chi connectivity index (χ1n) is 7.34. The summed E-state index contributed by atoms with van der Waals surface area (Å²) < 4.78 is 5.64. The quantitative estimate of drug-likeness (QED) is 0.868. The first-order valence-corrected chi connectivity index (χ1v) is 7.72. The SMILES string of the molecule is CCN(C(=O)C1CCOc2ccc(Cl)cc21)c1cccnc1. The minimum Gasteiger partial charge on any atom is -0.493 e. The van der Waals surface area contributed by atoms with E-state index in [0.29, 0.717) is 24.6 Å². The fraction of sp³-hybridized carbons (Fsp3) is 0.294. The van der Waals surface area contributed by atoms with Crippen molar-refractivity contribution in [2.24, 2.45) is 0 Å². The zero-order valence-corrected chi connectivity index (χ0v) is 13.1. The third-order valence-corrected chi connectivity index (χ3v) is 4.08. The summed E-state index contributed by atoms with van der Waals surface area (Å²) in [5, 5.41) is 0.617. The van der Waals surface area contributed by atoms with Gasteiger partial charge in [0.25, 0.3) is 0 Å². The van der Waals surface area contributed by atoms with E-state index in [4.69, 9.17) is 16.3 Å². The zero-order valence-electron chi connectivity index (χ0n) is 12.3. The molecule has 0 saturated heterocycles. The summed E-state index contributed by atoms with van der Waals surface area (Å²) in [7, 11) is 0. The van der Waals surface area contributed by atoms with Crippen LogP contribution in [0.3, 0.4) is 0 Å². The molecule has 1 aliphatic rings. The van der Waals surface area contributed by atoms with Crippen molar-refractivity contribution in [2.75, 3.05) is 18.1 Å². The average Bonchev–Trinajstić information content (AvgIpc) is 2.56. The highest BCUT2D eigenvalue weighted by Gasteiger charge is 2.31. The summed E-state index contributed by atoms with van der Waals surface area (Å²) in [6.07, 6.45) is 4.06. The van der Waals surface area contributed by atoms with Crippen LogP contribution in [-0.2, 0) is 4.79 Å². The van der Waals surface area contributed by atoms with Crippen molar-refractivity contribution in [3.63, 3.8) is 0 Å². The van der Waals surface area contributed by atoms with Gasteiger partial charge < -0.3 is 9.64 Å². The summed E-state index contributed by atoms with van der Waals surface area (Å²) in [6, 6.07) is 9.17. The molecule has 114 valence electrons. The van der Waals surface area contributed by atoms with Crippen molar-refractivity contribution < 1.29 is 9.53 Å². The topological polar surface area (TPSA) is 42.4 Å². The Balaban J connectivity index is 1.94. The van der Waals surface area contributed by atoms with E-state index in [1.807, 2.05) is 31.2 Å². The van der Waals surface area contributed by atoms with E-state index in [9.17, 15) is 4.79 Å². The van der Waals surface area contributed by atoms with Crippen molar-refractivity contribution in [1.82, 2.24) is 4.98 Å². The first kappa shape index (κ1) is 14.9. The van der Waals surface area contributed by atoms with Crippen LogP contribution in [0.25, 0.3) is 0 Å². The molecule has 22 heavy (non-hydrogen) atoms. The number of anilines is 1. The standard InChI is InChI=1S/C17H17ClN2O2/c1-2-20(13-4-3-8-19-11-13)17(21)14-7-9-22-16-6-5-12(18)10-15(14)16/h3-6,8,10-11,14H,2,7,9H2,1H3. The lowest BCUT2D eigenvalue weighted by Crippen LogP contribution is -2.37. The molecule has 1 amide bonds. The summed E-state index contributed by atoms with van der Waals surface area (Å²) in [4.78, 5) is 18.9. The number of carbonyl (C=O) groups is 1. The number of likely N-dealkylation sites (N-methyl/N-ethyl adjacent to an activating group) is 1. The monoisotopic (exact) mass is 316 g/mol. The van der Waals surface area contributed by atoms with Crippen LogP contribution in [-0.4, -0.2) is 24.0 Å². The van der Waals surface area contributed by atoms with Crippen molar-refractivity contribution in [2.45, 2.75) is 19.3 Å². The second-order valence-corrected chi connectivity index (χ2v) is 5.60. The Hall–Kier alpha value is -2.07. The van der Waals surface area contributed by atoms with Gasteiger partial charge in [0.15, 0.2) is 0 Å². The third-order valence-electron chi connectivity index (χ3n) is 3.85. The molecule has 0 bridgehead atoms. The molecule has 0 radical (unpaired) electrons. The molecule has 1 atom stereocenters. The lowest BCUT2D eigenvalue weighted by molar-refractivity contribution is -0.120. The highest BCUT2D eigenvalue weighted by molar-refractivity contribution is 6.30. The number of benzene rings is 1. The molecule has 2 heterocycles. The zero-order chi connectivity index (χ0) is 15.5. The number of aromatic nitrogens is 1. The van der Waals surface area contributed by atoms with Gasteiger partial charge in [-0.1, -0.05) is 11.6 Å². The van der Waals surface area contributed by atoms with Gasteiger partial charge in [0, 0.05) is 23.3 Å². The number of hydrogen-bond donors (Lipinski definition) is 0. The van der Waals surface area contributed by atoms with Gasteiger partial charge >= 0.3 is 0 Å². The molecule has 1 aromatic carbocycles. The molecular weight excluding hydrogens is 300 g/mol. The number of nitrogens with zero attached hydrogens (tertiary/aromatic N) is 2. The molecular formula is C17H17ClN2O2. The first-order chi connectivity index (χ1) is 10.7. The number of fused-ring (bicyclic) bond motifs is 1. The number of pyridine rings is 1. The molecule has 0 saturated carbocycles. The molecule has 3 rings (SSSR count). The molecule has 0 N–H and O–H groups in total. The second kappa shape index (κ2) is 6.36. The molecule has 2 aromatic rings. The minimum absolute atomic E-state index is 0.0577. The number of carbonyl (C=O) groups excluding carboxylic acids is 1. The maximum atomic E-state index is 13.0. The van der Waals surface area contributed by atoms with Crippen LogP contribution in [0.4, 0.5) is 5.69 Å². The lowest BCUT2D eigenvalue weighted by atomic mass is 9.91. The van der Waals surface area contributed by atoms with Gasteiger partial charge in [-0.15, -0.1) is 0 Å². The Labute approximate surface area is 134 Å². The maximum absolute atomic E-state index is 13.0. The van der Waals surface area contributed by atoms with Crippen LogP contribution in [0.5, 0.6) is 5.75 Å². The minimum atomic E-state index is -0.234. The van der Waals surface area contributed by atoms with E-state index in [1.54, 1.807) is 23.4 Å². The fourth-order valence-electron chi connectivity index (χ4n) is 2.79. The number of rotatable bonds is 3. The molecule has 4 nitrogen and oxygen atoms in total. The van der Waals surface area contributed by atoms with Crippen LogP contribution in [0, 0.1) is 0 Å². The lowest BCUT2D eigenvalue weighted by Gasteiger charge is -2.30. The Morgan fingerprint density at radius 2 is 2.32 bits per heavy atom. The van der Waals surface area contributed by atoms with Gasteiger partial charge in [-0.3, -0.25) is 9.78 Å². The van der Waals surface area contributed by atoms with Crippen LogP contribution in [0.2, 0.25) is 5.02 Å². The van der Waals surface area contributed by atoms with E-state index >= 15 is 0 Å². The highest BCUT2D eigenvalue weighted by Crippen LogP contribution is 2.37. The largest absolute Gasteiger partial charge is 0.493 e. The van der Waals surface area contributed by atoms with E-state index in [2.05, 4.69) is 4.98 Å². The highest BCUT2D eigenvalue weighted by atomic mass is 35.5. The van der Waals surface area contributed by atoms with Crippen LogP contribution >= 0.6 is 11.6 Å². The summed E-state index contributed by atoms with van der Waals surface area (Å²) >= 11 is 6.09. The van der Waals surface area contributed by atoms with Crippen LogP contribution in [0.1, 0.15) is 24.8 Å². The summed E-state index contributed by atoms with van der Waals surface area (Å²) in [6.45, 7) is 3.09. The van der Waals surface area contributed by atoms with Gasteiger partial charge in [0.2, 0.25) is 5.91 Å². The van der Waals surface area contributed by atoms with Gasteiger partial charge in [0.1, 0.15) is 5.75 Å². The van der Waals surface area contributed by atoms with E-state index in [0.717, 1.165) is 17.0 Å². The summed E-state index contributed by atoms with van der Waals surface area (Å²) in [5.74, 6) is 0.571. The summed E-state index contributed by atoms with van der Waals surface area (Å²) in [5.41, 5.74) is 1.68. The fourth-order valence-corrected chi connectivity index (χ4v) is 2.97. The van der Waals surface area contributed by atoms with Crippen LogP contribution in [0.15, 0.2) is 42.7 Å². The van der Waals surface area contributed by atoms with E-state index in [-0.39, 0.29) is 11.8 Å². The van der Waals surface area contributed by atoms with Gasteiger partial charge in [-0.25, -0.2) is 0 Å². The average molecular weight is 317 g/mol. The molecule has 0 aliphatic carbocycles. The van der Waals surface area contributed by atoms with Gasteiger partial charge in [0.05, 0.1) is 24.4 Å². The van der Waals surface area contributed by atoms with Crippen molar-refractivity contribution in [3.05, 3.63) is 53.3 Å². The molecule has 1 aliphatic heterocycles. The van der Waals surface area contributed by atoms with Crippen molar-refractivity contribution >= 4 is 23.2 Å². The molecule has 5 heteroatoms. The Morgan fingerprint density at radius 3 is 3.05 bits per heavy atom. The number of halogens is 1. The molecule has 0 spiro atoms. The van der Waals surface area contributed by atoms with Gasteiger partial charge in [-0.2, -0.15) is 0 Å². The maximum Gasteiger partial charge on any atom is 0.234 e. The smallest absolute Gasteiger partial charge is 0.234 e. The molecule has 0 fully saturated rings. The Bertz CT molecular complexity index is 676. The number of hydrogen-bond acceptors (Lipinski definition) is 3. The van der Waals surface area contributed by atoms with E-state index < -0.39 is 0 Å². The number of ether oxygens (including phenoxy) is 1. The number of amides is 1. The third kappa shape index (κ3) is 2.79. The van der Waals surface area contributed by atoms with Crippen LogP contribution < -0.4 is 9.64 Å². The molecule has 1 aromatic heterocycles. The van der Waals surface area contributed by atoms with E-state index in [1.165, 1.54) is 0 Å². The second-order valence-electron chi connectivity index (χ2n) is 5.17. The predicted octanol–water partition coefficient (Wildman–Crippen LogP) is 3.65. The Kier molecular flexibility index (Phi) is 4.29.